The molecule has 20 heavy (non-hydrogen) atoms. The first-order chi connectivity index (χ1) is 9.65. The molecule has 0 spiro atoms. The molecule has 1 amide bonds. The normalized spacial score (nSPS) is 19.4. The fourth-order valence-electron chi connectivity index (χ4n) is 2.88. The molecule has 1 unspecified atom stereocenters. The van der Waals surface area contributed by atoms with Crippen molar-refractivity contribution in [1.82, 2.24) is 4.90 Å². The molecular formula is C16H21NO3. The third kappa shape index (κ3) is 3.00. The number of aromatic carboxylic acids is 1. The van der Waals surface area contributed by atoms with Crippen molar-refractivity contribution >= 4 is 11.9 Å². The number of carbonyl (C=O) groups excluding carboxylic acids is 1. The highest BCUT2D eigenvalue weighted by molar-refractivity contribution is 6.04. The summed E-state index contributed by atoms with van der Waals surface area (Å²) < 4.78 is 0. The summed E-state index contributed by atoms with van der Waals surface area (Å²) in [4.78, 5) is 25.8. The minimum absolute atomic E-state index is 0.0941. The van der Waals surface area contributed by atoms with E-state index < -0.39 is 5.97 Å². The van der Waals surface area contributed by atoms with Crippen LogP contribution in [-0.4, -0.2) is 34.5 Å². The SMILES string of the molecule is CCC1CCCCCN1C(=O)c1ccccc1C(=O)O. The quantitative estimate of drug-likeness (QED) is 0.921. The average Bonchev–Trinajstić information content (AvgIpc) is 2.71. The maximum atomic E-state index is 12.7. The van der Waals surface area contributed by atoms with Gasteiger partial charge in [0.05, 0.1) is 11.1 Å². The van der Waals surface area contributed by atoms with Crippen LogP contribution >= 0.6 is 0 Å². The number of hydrogen-bond acceptors (Lipinski definition) is 2. The molecule has 0 radical (unpaired) electrons. The van der Waals surface area contributed by atoms with Crippen LogP contribution in [0.25, 0.3) is 0 Å². The minimum atomic E-state index is -1.04. The second-order valence-electron chi connectivity index (χ2n) is 5.26. The zero-order valence-electron chi connectivity index (χ0n) is 11.8. The number of nitrogens with zero attached hydrogens (tertiary/aromatic N) is 1. The molecule has 1 aromatic carbocycles. The molecule has 1 aromatic rings. The largest absolute Gasteiger partial charge is 0.478 e. The van der Waals surface area contributed by atoms with Crippen molar-refractivity contribution < 1.29 is 14.7 Å². The molecule has 1 aliphatic rings. The summed E-state index contributed by atoms with van der Waals surface area (Å²) in [6.45, 7) is 2.81. The fraction of sp³-hybridized carbons (Fsp3) is 0.500. The van der Waals surface area contributed by atoms with Gasteiger partial charge in [0.15, 0.2) is 0 Å². The summed E-state index contributed by atoms with van der Waals surface area (Å²) in [6, 6.07) is 6.71. The molecule has 1 aliphatic heterocycles. The Morgan fingerprint density at radius 3 is 2.55 bits per heavy atom. The smallest absolute Gasteiger partial charge is 0.336 e. The van der Waals surface area contributed by atoms with Crippen LogP contribution in [0.5, 0.6) is 0 Å². The van der Waals surface area contributed by atoms with Crippen LogP contribution in [0.3, 0.4) is 0 Å². The maximum absolute atomic E-state index is 12.7. The molecule has 1 saturated heterocycles. The van der Waals surface area contributed by atoms with Crippen LogP contribution in [0.2, 0.25) is 0 Å². The zero-order chi connectivity index (χ0) is 14.5. The van der Waals surface area contributed by atoms with E-state index >= 15 is 0 Å². The second-order valence-corrected chi connectivity index (χ2v) is 5.26. The Morgan fingerprint density at radius 1 is 1.20 bits per heavy atom. The molecule has 0 aromatic heterocycles. The molecule has 108 valence electrons. The van der Waals surface area contributed by atoms with E-state index in [1.165, 1.54) is 6.07 Å². The summed E-state index contributed by atoms with van der Waals surface area (Å²) in [7, 11) is 0. The molecule has 1 atom stereocenters. The van der Waals surface area contributed by atoms with Crippen molar-refractivity contribution in [1.29, 1.82) is 0 Å². The van der Waals surface area contributed by atoms with E-state index in [1.54, 1.807) is 18.2 Å². The third-order valence-corrected chi connectivity index (χ3v) is 4.00. The predicted molar refractivity (Wildman–Crippen MR) is 77.0 cm³/mol. The van der Waals surface area contributed by atoms with Gasteiger partial charge in [-0.1, -0.05) is 31.9 Å². The lowest BCUT2D eigenvalue weighted by Crippen LogP contribution is -2.40. The van der Waals surface area contributed by atoms with Crippen molar-refractivity contribution in [3.63, 3.8) is 0 Å². The highest BCUT2D eigenvalue weighted by Crippen LogP contribution is 2.22. The molecule has 4 heteroatoms. The van der Waals surface area contributed by atoms with Crippen molar-refractivity contribution in [3.05, 3.63) is 35.4 Å². The number of rotatable bonds is 3. The van der Waals surface area contributed by atoms with E-state index in [0.717, 1.165) is 38.6 Å². The first-order valence-corrected chi connectivity index (χ1v) is 7.28. The van der Waals surface area contributed by atoms with E-state index in [-0.39, 0.29) is 17.5 Å². The van der Waals surface area contributed by atoms with Crippen LogP contribution < -0.4 is 0 Å². The number of hydrogen-bond donors (Lipinski definition) is 1. The topological polar surface area (TPSA) is 57.6 Å². The van der Waals surface area contributed by atoms with E-state index in [2.05, 4.69) is 6.92 Å². The Hall–Kier alpha value is -1.84. The zero-order valence-corrected chi connectivity index (χ0v) is 11.8. The molecule has 0 aliphatic carbocycles. The Morgan fingerprint density at radius 2 is 1.90 bits per heavy atom. The lowest BCUT2D eigenvalue weighted by Gasteiger charge is -2.29. The number of carbonyl (C=O) groups is 2. The standard InChI is InChI=1S/C16H21NO3/c1-2-12-8-4-3-7-11-17(12)15(18)13-9-5-6-10-14(13)16(19)20/h5-6,9-10,12H,2-4,7-8,11H2,1H3,(H,19,20). The summed E-state index contributed by atoms with van der Waals surface area (Å²) in [6.07, 6.45) is 5.21. The van der Waals surface area contributed by atoms with Crippen molar-refractivity contribution in [2.45, 2.75) is 45.1 Å². The maximum Gasteiger partial charge on any atom is 0.336 e. The van der Waals surface area contributed by atoms with E-state index in [4.69, 9.17) is 0 Å². The summed E-state index contributed by atoms with van der Waals surface area (Å²) >= 11 is 0. The Kier molecular flexibility index (Phi) is 4.77. The van der Waals surface area contributed by atoms with Gasteiger partial charge in [-0.15, -0.1) is 0 Å². The molecule has 1 fully saturated rings. The van der Waals surface area contributed by atoms with Crippen LogP contribution in [0.4, 0.5) is 0 Å². The lowest BCUT2D eigenvalue weighted by molar-refractivity contribution is 0.0643. The van der Waals surface area contributed by atoms with Gasteiger partial charge in [-0.3, -0.25) is 4.79 Å². The highest BCUT2D eigenvalue weighted by Gasteiger charge is 2.27. The lowest BCUT2D eigenvalue weighted by atomic mass is 10.0. The average molecular weight is 275 g/mol. The van der Waals surface area contributed by atoms with Gasteiger partial charge in [0.1, 0.15) is 0 Å². The van der Waals surface area contributed by atoms with E-state index in [0.29, 0.717) is 5.56 Å². The molecule has 2 rings (SSSR count). The first-order valence-electron chi connectivity index (χ1n) is 7.28. The van der Waals surface area contributed by atoms with Gasteiger partial charge in [0, 0.05) is 12.6 Å². The van der Waals surface area contributed by atoms with Gasteiger partial charge in [0.2, 0.25) is 0 Å². The van der Waals surface area contributed by atoms with Gasteiger partial charge in [-0.25, -0.2) is 4.79 Å². The summed E-state index contributed by atoms with van der Waals surface area (Å²) in [5, 5.41) is 9.22. The number of carboxylic acid groups (broad SMARTS) is 1. The molecule has 1 heterocycles. The van der Waals surface area contributed by atoms with Crippen LogP contribution in [0.1, 0.15) is 59.7 Å². The number of carboxylic acids is 1. The van der Waals surface area contributed by atoms with Crippen molar-refractivity contribution in [2.75, 3.05) is 6.54 Å². The number of likely N-dealkylation sites (tertiary alicyclic amines) is 1. The van der Waals surface area contributed by atoms with Gasteiger partial charge in [-0.05, 0) is 31.4 Å². The van der Waals surface area contributed by atoms with Crippen LogP contribution in [-0.2, 0) is 0 Å². The van der Waals surface area contributed by atoms with Gasteiger partial charge < -0.3 is 10.0 Å². The molecule has 4 nitrogen and oxygen atoms in total. The fourth-order valence-corrected chi connectivity index (χ4v) is 2.88. The monoisotopic (exact) mass is 275 g/mol. The molecular weight excluding hydrogens is 254 g/mol. The van der Waals surface area contributed by atoms with Gasteiger partial charge in [-0.2, -0.15) is 0 Å². The second kappa shape index (κ2) is 6.55. The minimum Gasteiger partial charge on any atom is -0.478 e. The molecule has 0 bridgehead atoms. The van der Waals surface area contributed by atoms with Crippen molar-refractivity contribution in [2.24, 2.45) is 0 Å². The predicted octanol–water partition coefficient (Wildman–Crippen LogP) is 3.18. The Balaban J connectivity index is 2.31. The number of benzene rings is 1. The third-order valence-electron chi connectivity index (χ3n) is 4.00. The van der Waals surface area contributed by atoms with Crippen molar-refractivity contribution in [3.8, 4) is 0 Å². The van der Waals surface area contributed by atoms with Crippen LogP contribution in [0, 0.1) is 0 Å². The van der Waals surface area contributed by atoms with Gasteiger partial charge in [0.25, 0.3) is 5.91 Å². The highest BCUT2D eigenvalue weighted by atomic mass is 16.4. The van der Waals surface area contributed by atoms with E-state index in [1.807, 2.05) is 4.90 Å². The molecule has 1 N–H and O–H groups in total. The van der Waals surface area contributed by atoms with Crippen LogP contribution in [0.15, 0.2) is 24.3 Å². The molecule has 0 saturated carbocycles. The van der Waals surface area contributed by atoms with Gasteiger partial charge >= 0.3 is 5.97 Å². The Labute approximate surface area is 119 Å². The Bertz CT molecular complexity index is 498. The summed E-state index contributed by atoms with van der Waals surface area (Å²) in [5.41, 5.74) is 0.400. The summed E-state index contributed by atoms with van der Waals surface area (Å²) in [5.74, 6) is -1.19. The first kappa shape index (κ1) is 14.6. The van der Waals surface area contributed by atoms with E-state index in [9.17, 15) is 14.7 Å². The number of amides is 1.